The lowest BCUT2D eigenvalue weighted by Gasteiger charge is -2.12. The van der Waals surface area contributed by atoms with Crippen LogP contribution in [0.15, 0.2) is 23.8 Å². The Labute approximate surface area is 103 Å². The third-order valence-corrected chi connectivity index (χ3v) is 3.30. The zero-order chi connectivity index (χ0) is 12.3. The van der Waals surface area contributed by atoms with Crippen molar-refractivity contribution in [2.24, 2.45) is 7.05 Å². The predicted octanol–water partition coefficient (Wildman–Crippen LogP) is 1.30. The van der Waals surface area contributed by atoms with Gasteiger partial charge in [0.2, 0.25) is 5.91 Å². The maximum absolute atomic E-state index is 11.8. The van der Waals surface area contributed by atoms with Gasteiger partial charge in [-0.05, 0) is 18.4 Å². The molecule has 1 N–H and O–H groups in total. The molecule has 1 atom stereocenters. The second-order valence-corrected chi connectivity index (χ2v) is 4.88. The van der Waals surface area contributed by atoms with Gasteiger partial charge in [-0.1, -0.05) is 6.07 Å². The van der Waals surface area contributed by atoms with E-state index in [1.807, 2.05) is 31.5 Å². The molecule has 0 spiro atoms. The van der Waals surface area contributed by atoms with Crippen LogP contribution in [-0.4, -0.2) is 20.7 Å². The van der Waals surface area contributed by atoms with Crippen LogP contribution < -0.4 is 5.32 Å². The molecule has 0 saturated heterocycles. The summed E-state index contributed by atoms with van der Waals surface area (Å²) >= 11 is 1.58. The molecule has 2 heterocycles. The van der Waals surface area contributed by atoms with Crippen molar-refractivity contribution in [2.45, 2.75) is 19.4 Å². The number of aromatic nitrogens is 3. The molecule has 0 aliphatic carbocycles. The molecule has 1 amide bonds. The molecule has 2 rings (SSSR count). The van der Waals surface area contributed by atoms with Crippen LogP contribution in [0.1, 0.15) is 23.7 Å². The van der Waals surface area contributed by atoms with Gasteiger partial charge < -0.3 is 9.88 Å². The van der Waals surface area contributed by atoms with Crippen LogP contribution in [0, 0.1) is 0 Å². The summed E-state index contributed by atoms with van der Waals surface area (Å²) in [5, 5.41) is 12.6. The lowest BCUT2D eigenvalue weighted by molar-refractivity contribution is -0.121. The molecule has 0 aliphatic heterocycles. The van der Waals surface area contributed by atoms with E-state index in [0.29, 0.717) is 6.42 Å². The molecular formula is C11H14N4OS. The maximum atomic E-state index is 11.8. The fraction of sp³-hybridized carbons (Fsp3) is 0.364. The van der Waals surface area contributed by atoms with E-state index in [2.05, 4.69) is 15.5 Å². The average Bonchev–Trinajstić information content (AvgIpc) is 2.88. The lowest BCUT2D eigenvalue weighted by atomic mass is 10.2. The first-order valence-electron chi connectivity index (χ1n) is 5.32. The first kappa shape index (κ1) is 11.8. The fourth-order valence-electron chi connectivity index (χ4n) is 1.61. The molecule has 0 radical (unpaired) electrons. The van der Waals surface area contributed by atoms with Gasteiger partial charge in [-0.25, -0.2) is 0 Å². The van der Waals surface area contributed by atoms with Crippen molar-refractivity contribution in [1.82, 2.24) is 20.1 Å². The van der Waals surface area contributed by atoms with Gasteiger partial charge >= 0.3 is 0 Å². The summed E-state index contributed by atoms with van der Waals surface area (Å²) in [6.07, 6.45) is 2.04. The van der Waals surface area contributed by atoms with Crippen LogP contribution in [0.3, 0.4) is 0 Å². The number of aryl methyl sites for hydroxylation is 1. The van der Waals surface area contributed by atoms with Crippen LogP contribution in [-0.2, 0) is 18.3 Å². The van der Waals surface area contributed by atoms with Gasteiger partial charge in [0.05, 0.1) is 12.5 Å². The number of thiophene rings is 1. The van der Waals surface area contributed by atoms with Crippen molar-refractivity contribution >= 4 is 17.2 Å². The number of amides is 1. The van der Waals surface area contributed by atoms with Gasteiger partial charge in [-0.2, -0.15) is 0 Å². The summed E-state index contributed by atoms with van der Waals surface area (Å²) in [4.78, 5) is 12.8. The van der Waals surface area contributed by atoms with E-state index in [4.69, 9.17) is 0 Å². The van der Waals surface area contributed by atoms with Gasteiger partial charge in [0.15, 0.2) is 5.82 Å². The summed E-state index contributed by atoms with van der Waals surface area (Å²) < 4.78 is 1.80. The zero-order valence-electron chi connectivity index (χ0n) is 9.75. The number of hydrogen-bond donors (Lipinski definition) is 1. The second-order valence-electron chi connectivity index (χ2n) is 3.85. The molecule has 0 saturated carbocycles. The van der Waals surface area contributed by atoms with Gasteiger partial charge in [-0.3, -0.25) is 4.79 Å². The van der Waals surface area contributed by atoms with E-state index in [1.165, 1.54) is 0 Å². The van der Waals surface area contributed by atoms with E-state index >= 15 is 0 Å². The smallest absolute Gasteiger partial charge is 0.225 e. The molecule has 17 heavy (non-hydrogen) atoms. The number of nitrogens with zero attached hydrogens (tertiary/aromatic N) is 3. The molecular weight excluding hydrogens is 236 g/mol. The van der Waals surface area contributed by atoms with E-state index < -0.39 is 0 Å². The average molecular weight is 250 g/mol. The van der Waals surface area contributed by atoms with Gasteiger partial charge in [0, 0.05) is 11.9 Å². The molecule has 6 heteroatoms. The van der Waals surface area contributed by atoms with E-state index in [0.717, 1.165) is 10.7 Å². The number of carbonyl (C=O) groups is 1. The molecule has 0 unspecified atom stereocenters. The first-order valence-corrected chi connectivity index (χ1v) is 6.20. The van der Waals surface area contributed by atoms with Gasteiger partial charge in [-0.15, -0.1) is 21.5 Å². The Morgan fingerprint density at radius 3 is 3.06 bits per heavy atom. The van der Waals surface area contributed by atoms with Crippen molar-refractivity contribution < 1.29 is 4.79 Å². The van der Waals surface area contributed by atoms with Crippen molar-refractivity contribution in [2.75, 3.05) is 0 Å². The highest BCUT2D eigenvalue weighted by molar-refractivity contribution is 7.10. The van der Waals surface area contributed by atoms with E-state index in [9.17, 15) is 4.79 Å². The summed E-state index contributed by atoms with van der Waals surface area (Å²) in [5.74, 6) is 0.757. The first-order chi connectivity index (χ1) is 8.16. The number of carbonyl (C=O) groups excluding carboxylic acids is 1. The number of rotatable bonds is 4. The Morgan fingerprint density at radius 1 is 1.65 bits per heavy atom. The largest absolute Gasteiger partial charge is 0.346 e. The fourth-order valence-corrected chi connectivity index (χ4v) is 2.32. The molecule has 90 valence electrons. The summed E-state index contributed by atoms with van der Waals surface area (Å²) in [6, 6.07) is 3.77. The highest BCUT2D eigenvalue weighted by Crippen LogP contribution is 2.11. The molecule has 2 aromatic heterocycles. The van der Waals surface area contributed by atoms with Crippen molar-refractivity contribution in [1.29, 1.82) is 0 Å². The third kappa shape index (κ3) is 2.91. The molecule has 2 aromatic rings. The Hall–Kier alpha value is -1.69. The van der Waals surface area contributed by atoms with E-state index in [-0.39, 0.29) is 11.9 Å². The lowest BCUT2D eigenvalue weighted by Crippen LogP contribution is -2.29. The Kier molecular flexibility index (Phi) is 3.53. The summed E-state index contributed by atoms with van der Waals surface area (Å²) in [7, 11) is 1.86. The summed E-state index contributed by atoms with van der Waals surface area (Å²) in [5.41, 5.74) is 0. The van der Waals surface area contributed by atoms with Gasteiger partial charge in [0.25, 0.3) is 0 Å². The molecule has 0 aliphatic rings. The highest BCUT2D eigenvalue weighted by atomic mass is 32.1. The standard InChI is InChI=1S/C11H14N4OS/c1-8(11-14-12-7-15(11)2)13-10(16)6-9-4-3-5-17-9/h3-5,7-8H,6H2,1-2H3,(H,13,16)/t8-/m1/s1. The predicted molar refractivity (Wildman–Crippen MR) is 65.6 cm³/mol. The normalized spacial score (nSPS) is 12.4. The van der Waals surface area contributed by atoms with Crippen molar-refractivity contribution in [3.8, 4) is 0 Å². The third-order valence-electron chi connectivity index (χ3n) is 2.43. The second kappa shape index (κ2) is 5.09. The Morgan fingerprint density at radius 2 is 2.47 bits per heavy atom. The number of hydrogen-bond acceptors (Lipinski definition) is 4. The van der Waals surface area contributed by atoms with Crippen molar-refractivity contribution in [3.05, 3.63) is 34.5 Å². The zero-order valence-corrected chi connectivity index (χ0v) is 10.6. The van der Waals surface area contributed by atoms with Crippen LogP contribution in [0.25, 0.3) is 0 Å². The SMILES string of the molecule is C[C@@H](NC(=O)Cc1cccs1)c1nncn1C. The molecule has 0 bridgehead atoms. The topological polar surface area (TPSA) is 59.8 Å². The quantitative estimate of drug-likeness (QED) is 0.889. The van der Waals surface area contributed by atoms with Crippen molar-refractivity contribution in [3.63, 3.8) is 0 Å². The van der Waals surface area contributed by atoms with Crippen LogP contribution in [0.2, 0.25) is 0 Å². The summed E-state index contributed by atoms with van der Waals surface area (Å²) in [6.45, 7) is 1.90. The minimum atomic E-state index is -0.130. The van der Waals surface area contributed by atoms with Crippen LogP contribution in [0.4, 0.5) is 0 Å². The molecule has 0 fully saturated rings. The monoisotopic (exact) mass is 250 g/mol. The molecule has 0 aromatic carbocycles. The Bertz CT molecular complexity index is 491. The van der Waals surface area contributed by atoms with E-state index in [1.54, 1.807) is 22.2 Å². The van der Waals surface area contributed by atoms with Gasteiger partial charge in [0.1, 0.15) is 6.33 Å². The minimum Gasteiger partial charge on any atom is -0.346 e. The molecule has 5 nitrogen and oxygen atoms in total. The van der Waals surface area contributed by atoms with Crippen LogP contribution in [0.5, 0.6) is 0 Å². The maximum Gasteiger partial charge on any atom is 0.225 e. The number of nitrogens with one attached hydrogen (secondary N) is 1. The Balaban J connectivity index is 1.93. The van der Waals surface area contributed by atoms with Crippen LogP contribution >= 0.6 is 11.3 Å². The highest BCUT2D eigenvalue weighted by Gasteiger charge is 2.14. The minimum absolute atomic E-state index is 0.00273.